The van der Waals surface area contributed by atoms with Gasteiger partial charge >= 0.3 is 18.0 Å². The molecule has 0 bridgehead atoms. The summed E-state index contributed by atoms with van der Waals surface area (Å²) in [5.74, 6) is 4.62. The van der Waals surface area contributed by atoms with Gasteiger partial charge in [0.2, 0.25) is 5.91 Å². The molecule has 0 saturated carbocycles. The van der Waals surface area contributed by atoms with E-state index >= 15 is 0 Å². The first-order chi connectivity index (χ1) is 26.3. The van der Waals surface area contributed by atoms with Crippen LogP contribution in [0.4, 0.5) is 21.0 Å². The lowest BCUT2D eigenvalue weighted by Gasteiger charge is -2.33. The fourth-order valence-electron chi connectivity index (χ4n) is 5.97. The molecule has 0 unspecified atom stereocenters. The molecule has 5 amide bonds. The summed E-state index contributed by atoms with van der Waals surface area (Å²) >= 11 is 0. The van der Waals surface area contributed by atoms with Crippen LogP contribution in [0.25, 0.3) is 0 Å². The fourth-order valence-corrected chi connectivity index (χ4v) is 5.97. The average Bonchev–Trinajstić information content (AvgIpc) is 3.24. The number of carbonyl (C=O) groups is 4. The monoisotopic (exact) mass is 736 g/mol. The number of hydrogen-bond donors (Lipinski definition) is 2. The largest absolute Gasteiger partial charge is 0.469 e. The summed E-state index contributed by atoms with van der Waals surface area (Å²) in [6, 6.07) is 34.5. The van der Waals surface area contributed by atoms with E-state index in [-0.39, 0.29) is 36.8 Å². The number of rotatable bonds is 10. The van der Waals surface area contributed by atoms with Crippen molar-refractivity contribution in [3.8, 4) is 0 Å². The van der Waals surface area contributed by atoms with Crippen molar-refractivity contribution in [2.24, 2.45) is 5.84 Å². The maximum Gasteiger partial charge on any atom is 0.324 e. The van der Waals surface area contributed by atoms with Crippen molar-refractivity contribution in [2.45, 2.75) is 25.9 Å². The molecule has 2 heterocycles. The van der Waals surface area contributed by atoms with E-state index in [4.69, 9.17) is 20.1 Å². The maximum absolute atomic E-state index is 13.1. The number of benzene rings is 4. The minimum Gasteiger partial charge on any atom is -0.469 e. The van der Waals surface area contributed by atoms with Gasteiger partial charge in [0, 0.05) is 37.6 Å². The summed E-state index contributed by atoms with van der Waals surface area (Å²) < 4.78 is 15.4. The van der Waals surface area contributed by atoms with Gasteiger partial charge in [-0.3, -0.25) is 24.8 Å². The van der Waals surface area contributed by atoms with Gasteiger partial charge in [-0.15, -0.1) is 0 Å². The van der Waals surface area contributed by atoms with Gasteiger partial charge in [0.1, 0.15) is 0 Å². The Kier molecular flexibility index (Phi) is 15.0. The van der Waals surface area contributed by atoms with Crippen molar-refractivity contribution in [3.05, 3.63) is 131 Å². The van der Waals surface area contributed by atoms with Crippen LogP contribution in [-0.2, 0) is 49.7 Å². The van der Waals surface area contributed by atoms with E-state index in [1.807, 2.05) is 119 Å². The van der Waals surface area contributed by atoms with E-state index < -0.39 is 0 Å². The van der Waals surface area contributed by atoms with E-state index in [1.165, 1.54) is 7.11 Å². The Bertz CT molecular complexity index is 1650. The number of esters is 1. The van der Waals surface area contributed by atoms with Crippen molar-refractivity contribution >= 4 is 35.3 Å². The van der Waals surface area contributed by atoms with Crippen molar-refractivity contribution in [2.75, 3.05) is 69.5 Å². The minimum absolute atomic E-state index is 0.0249. The van der Waals surface area contributed by atoms with Crippen molar-refractivity contribution in [3.63, 3.8) is 0 Å². The van der Waals surface area contributed by atoms with Crippen LogP contribution in [0.3, 0.4) is 0 Å². The third kappa shape index (κ3) is 11.6. The lowest BCUT2D eigenvalue weighted by atomic mass is 10.1. The van der Waals surface area contributed by atoms with Gasteiger partial charge in [-0.05, 0) is 46.5 Å². The molecule has 0 aliphatic carbocycles. The number of morpholine rings is 2. The molecule has 2 aliphatic rings. The highest BCUT2D eigenvalue weighted by Crippen LogP contribution is 2.22. The molecule has 6 rings (SSSR count). The van der Waals surface area contributed by atoms with E-state index in [0.29, 0.717) is 65.7 Å². The van der Waals surface area contributed by atoms with Crippen LogP contribution < -0.4 is 21.1 Å². The highest BCUT2D eigenvalue weighted by Gasteiger charge is 2.25. The molecule has 0 atom stereocenters. The molecule has 0 radical (unpaired) electrons. The van der Waals surface area contributed by atoms with Crippen LogP contribution in [0.2, 0.25) is 0 Å². The number of nitrogens with two attached hydrogens (primary N) is 1. The number of hydrazine groups is 1. The summed E-state index contributed by atoms with van der Waals surface area (Å²) in [7, 11) is 1.38. The molecule has 4 aromatic rings. The van der Waals surface area contributed by atoms with Crippen LogP contribution in [0, 0.1) is 0 Å². The summed E-state index contributed by atoms with van der Waals surface area (Å²) in [4.78, 5) is 56.2. The molecule has 54 heavy (non-hydrogen) atoms. The van der Waals surface area contributed by atoms with Gasteiger partial charge in [-0.25, -0.2) is 15.4 Å². The van der Waals surface area contributed by atoms with Gasteiger partial charge in [0.15, 0.2) is 0 Å². The SMILES string of the molecule is COC(=O)Cc1ccc(CN(C(=O)N2CCOCC2)c2ccccc2)cc1.NNC(=O)Cc1ccc(CN(C(=O)N2CCOCC2)c2ccccc2)cc1. The second kappa shape index (κ2) is 20.5. The number of ether oxygens (including phenoxy) is 3. The zero-order chi connectivity index (χ0) is 38.1. The average molecular weight is 737 g/mol. The van der Waals surface area contributed by atoms with E-state index in [9.17, 15) is 19.2 Å². The summed E-state index contributed by atoms with van der Waals surface area (Å²) in [6.45, 7) is 5.54. The Labute approximate surface area is 316 Å². The molecule has 0 aromatic heterocycles. The highest BCUT2D eigenvalue weighted by atomic mass is 16.5. The molecule has 2 saturated heterocycles. The Hall–Kier alpha value is -5.76. The number of nitrogens with one attached hydrogen (secondary N) is 1. The van der Waals surface area contributed by atoms with Crippen molar-refractivity contribution in [1.29, 1.82) is 0 Å². The van der Waals surface area contributed by atoms with E-state index in [1.54, 1.807) is 9.80 Å². The topological polar surface area (TPSA) is 147 Å². The molecule has 2 aliphatic heterocycles. The number of amides is 5. The van der Waals surface area contributed by atoms with Crippen LogP contribution in [0.5, 0.6) is 0 Å². The minimum atomic E-state index is -0.267. The van der Waals surface area contributed by atoms with Gasteiger partial charge in [0.25, 0.3) is 0 Å². The summed E-state index contributed by atoms with van der Waals surface area (Å²) in [5.41, 5.74) is 7.56. The quantitative estimate of drug-likeness (QED) is 0.105. The number of methoxy groups -OCH3 is 1. The number of carbonyl (C=O) groups excluding carboxylic acids is 4. The van der Waals surface area contributed by atoms with Gasteiger partial charge < -0.3 is 24.0 Å². The molecule has 4 aromatic carbocycles. The second-order valence-corrected chi connectivity index (χ2v) is 12.7. The van der Waals surface area contributed by atoms with Crippen LogP contribution >= 0.6 is 0 Å². The smallest absolute Gasteiger partial charge is 0.324 e. The molecular weight excluding hydrogens is 688 g/mol. The van der Waals surface area contributed by atoms with Crippen LogP contribution in [0.15, 0.2) is 109 Å². The standard InChI is InChI=1S/C21H24N2O4.C20H24N4O3/c1-26-20(24)15-17-7-9-18(10-8-17)16-23(19-5-3-2-4-6-19)21(25)22-11-13-27-14-12-22;21-22-19(25)14-16-6-8-17(9-7-16)15-24(18-4-2-1-3-5-18)20(26)23-10-12-27-13-11-23/h2-10H,11-16H2,1H3;1-9H,10-15,21H2,(H,22,25). The first-order valence-electron chi connectivity index (χ1n) is 17.9. The third-order valence-corrected chi connectivity index (χ3v) is 8.99. The van der Waals surface area contributed by atoms with Gasteiger partial charge in [-0.2, -0.15) is 0 Å². The number of hydrogen-bond acceptors (Lipinski definition) is 8. The van der Waals surface area contributed by atoms with Crippen molar-refractivity contribution in [1.82, 2.24) is 15.2 Å². The lowest BCUT2D eigenvalue weighted by Crippen LogP contribution is -2.48. The lowest BCUT2D eigenvalue weighted by molar-refractivity contribution is -0.139. The number of nitrogens with zero attached hydrogens (tertiary/aromatic N) is 4. The van der Waals surface area contributed by atoms with Crippen LogP contribution in [-0.4, -0.2) is 93.5 Å². The molecule has 2 fully saturated rings. The highest BCUT2D eigenvalue weighted by molar-refractivity contribution is 5.92. The maximum atomic E-state index is 13.1. The molecular formula is C41H48N6O7. The Morgan fingerprint density at radius 2 is 0.963 bits per heavy atom. The van der Waals surface area contributed by atoms with E-state index in [0.717, 1.165) is 33.6 Å². The molecule has 3 N–H and O–H groups in total. The third-order valence-electron chi connectivity index (χ3n) is 8.99. The molecule has 13 nitrogen and oxygen atoms in total. The molecule has 13 heteroatoms. The zero-order valence-electron chi connectivity index (χ0n) is 30.6. The predicted molar refractivity (Wildman–Crippen MR) is 205 cm³/mol. The first kappa shape index (κ1) is 39.4. The Morgan fingerprint density at radius 1 is 0.593 bits per heavy atom. The summed E-state index contributed by atoms with van der Waals surface area (Å²) in [5, 5.41) is 0. The normalized spacial score (nSPS) is 13.9. The Morgan fingerprint density at radius 3 is 1.33 bits per heavy atom. The van der Waals surface area contributed by atoms with Crippen LogP contribution in [0.1, 0.15) is 22.3 Å². The van der Waals surface area contributed by atoms with E-state index in [2.05, 4.69) is 5.43 Å². The number of anilines is 2. The second-order valence-electron chi connectivity index (χ2n) is 12.7. The summed E-state index contributed by atoms with van der Waals surface area (Å²) in [6.07, 6.45) is 0.470. The first-order valence-corrected chi connectivity index (χ1v) is 17.9. The predicted octanol–water partition coefficient (Wildman–Crippen LogP) is 4.54. The molecule has 0 spiro atoms. The number of urea groups is 2. The van der Waals surface area contributed by atoms with Gasteiger partial charge in [0.05, 0.1) is 59.5 Å². The fraction of sp³-hybridized carbons (Fsp3) is 0.317. The Balaban J connectivity index is 0.000000208. The van der Waals surface area contributed by atoms with Gasteiger partial charge in [-0.1, -0.05) is 84.9 Å². The van der Waals surface area contributed by atoms with Crippen molar-refractivity contribution < 1.29 is 33.4 Å². The zero-order valence-corrected chi connectivity index (χ0v) is 30.6. The molecule has 284 valence electrons. The number of para-hydroxylation sites is 2.